The molecule has 3 heterocycles. The molecule has 4 rings (SSSR count). The molecule has 0 saturated carbocycles. The molecular formula is C20H15BrCl3N5O2. The molecule has 1 aromatic carbocycles. The highest BCUT2D eigenvalue weighted by Crippen LogP contribution is 2.38. The molecule has 1 aliphatic rings. The minimum absolute atomic E-state index is 0.0163. The molecule has 7 nitrogen and oxygen atoms in total. The molecule has 3 aromatic rings. The van der Waals surface area contributed by atoms with E-state index in [9.17, 15) is 9.59 Å². The smallest absolute Gasteiger partial charge is 0.278 e. The van der Waals surface area contributed by atoms with Gasteiger partial charge in [0.1, 0.15) is 17.0 Å². The lowest BCUT2D eigenvalue weighted by Gasteiger charge is -2.39. The van der Waals surface area contributed by atoms with Gasteiger partial charge in [-0.15, -0.1) is 0 Å². The summed E-state index contributed by atoms with van der Waals surface area (Å²) in [6.45, 7) is 3.75. The summed E-state index contributed by atoms with van der Waals surface area (Å²) in [7, 11) is 0. The number of carbonyl (C=O) groups excluding carboxylic acids is 2. The van der Waals surface area contributed by atoms with Gasteiger partial charge in [0.2, 0.25) is 0 Å². The van der Waals surface area contributed by atoms with E-state index in [1.165, 1.54) is 21.7 Å². The minimum Gasteiger partial charge on any atom is -0.318 e. The highest BCUT2D eigenvalue weighted by Gasteiger charge is 2.37. The number of aromatic nitrogens is 3. The van der Waals surface area contributed by atoms with Crippen molar-refractivity contribution < 1.29 is 9.59 Å². The maximum Gasteiger partial charge on any atom is 0.278 e. The van der Waals surface area contributed by atoms with Crippen LogP contribution in [0.5, 0.6) is 0 Å². The zero-order valence-electron chi connectivity index (χ0n) is 16.3. The molecule has 31 heavy (non-hydrogen) atoms. The Kier molecular flexibility index (Phi) is 6.00. The number of rotatable bonds is 3. The number of halogens is 4. The third-order valence-electron chi connectivity index (χ3n) is 4.79. The topological polar surface area (TPSA) is 71.3 Å². The fraction of sp³-hybridized carbons (Fsp3) is 0.200. The molecule has 0 N–H and O–H groups in total. The van der Waals surface area contributed by atoms with Crippen LogP contribution in [-0.4, -0.2) is 44.2 Å². The van der Waals surface area contributed by atoms with Crippen molar-refractivity contribution in [3.8, 4) is 5.82 Å². The number of anilines is 1. The van der Waals surface area contributed by atoms with Crippen molar-refractivity contribution in [3.05, 3.63) is 67.5 Å². The average molecular weight is 544 g/mol. The van der Waals surface area contributed by atoms with Crippen LogP contribution in [0.25, 0.3) is 5.82 Å². The Hall–Kier alpha value is -2.13. The number of nitrogens with zero attached hydrogens (tertiary/aromatic N) is 5. The van der Waals surface area contributed by atoms with Gasteiger partial charge < -0.3 is 4.90 Å². The number of carbonyl (C=O) groups is 2. The lowest BCUT2D eigenvalue weighted by atomic mass is 10.1. The number of fused-ring (bicyclic) bond motifs is 1. The number of benzene rings is 1. The molecule has 0 spiro atoms. The molecule has 0 aliphatic carbocycles. The molecule has 160 valence electrons. The van der Waals surface area contributed by atoms with E-state index < -0.39 is 5.91 Å². The Labute approximate surface area is 201 Å². The maximum absolute atomic E-state index is 13.7. The Balaban J connectivity index is 1.88. The van der Waals surface area contributed by atoms with Gasteiger partial charge in [0.05, 0.1) is 21.3 Å². The first kappa shape index (κ1) is 22.1. The molecule has 1 aliphatic heterocycles. The van der Waals surface area contributed by atoms with Gasteiger partial charge in [0.25, 0.3) is 11.8 Å². The fourth-order valence-corrected chi connectivity index (χ4v) is 4.52. The van der Waals surface area contributed by atoms with E-state index >= 15 is 0 Å². The molecular weight excluding hydrogens is 529 g/mol. The Bertz CT molecular complexity index is 1210. The van der Waals surface area contributed by atoms with Crippen LogP contribution in [0.1, 0.15) is 34.7 Å². The molecule has 11 heteroatoms. The number of amides is 2. The summed E-state index contributed by atoms with van der Waals surface area (Å²) in [5.74, 6) is -0.376. The molecule has 0 bridgehead atoms. The van der Waals surface area contributed by atoms with Crippen molar-refractivity contribution >= 4 is 68.2 Å². The molecule has 0 saturated heterocycles. The van der Waals surface area contributed by atoms with Crippen molar-refractivity contribution in [2.45, 2.75) is 19.9 Å². The second-order valence-electron chi connectivity index (χ2n) is 7.10. The summed E-state index contributed by atoms with van der Waals surface area (Å²) in [6, 6.07) is 7.76. The summed E-state index contributed by atoms with van der Waals surface area (Å²) < 4.78 is 1.78. The van der Waals surface area contributed by atoms with Gasteiger partial charge in [0, 0.05) is 23.3 Å². The molecule has 0 radical (unpaired) electrons. The average Bonchev–Trinajstić information content (AvgIpc) is 3.09. The van der Waals surface area contributed by atoms with Crippen LogP contribution in [0, 0.1) is 0 Å². The number of hydrogen-bond donors (Lipinski definition) is 0. The summed E-state index contributed by atoms with van der Waals surface area (Å²) in [6.07, 6.45) is 1.55. The predicted molar refractivity (Wildman–Crippen MR) is 124 cm³/mol. The molecule has 2 aromatic heterocycles. The summed E-state index contributed by atoms with van der Waals surface area (Å²) in [5, 5.41) is 5.16. The Morgan fingerprint density at radius 2 is 1.90 bits per heavy atom. The van der Waals surface area contributed by atoms with Crippen molar-refractivity contribution in [2.75, 3.05) is 11.6 Å². The first-order valence-corrected chi connectivity index (χ1v) is 11.1. The van der Waals surface area contributed by atoms with E-state index in [0.29, 0.717) is 26.2 Å². The largest absolute Gasteiger partial charge is 0.318 e. The molecule has 0 fully saturated rings. The van der Waals surface area contributed by atoms with Gasteiger partial charge in [-0.3, -0.25) is 14.5 Å². The molecule has 2 amide bonds. The first-order chi connectivity index (χ1) is 14.7. The van der Waals surface area contributed by atoms with Crippen LogP contribution in [-0.2, 0) is 0 Å². The van der Waals surface area contributed by atoms with Crippen LogP contribution in [0.4, 0.5) is 5.69 Å². The Morgan fingerprint density at radius 1 is 1.16 bits per heavy atom. The zero-order chi connectivity index (χ0) is 22.4. The van der Waals surface area contributed by atoms with Gasteiger partial charge in [0.15, 0.2) is 5.82 Å². The van der Waals surface area contributed by atoms with Gasteiger partial charge in [-0.05, 0) is 54.0 Å². The quantitative estimate of drug-likeness (QED) is 0.440. The third-order valence-corrected chi connectivity index (χ3v) is 5.98. The summed E-state index contributed by atoms with van der Waals surface area (Å²) >= 11 is 22.2. The third kappa shape index (κ3) is 3.93. The summed E-state index contributed by atoms with van der Waals surface area (Å²) in [4.78, 5) is 34.0. The van der Waals surface area contributed by atoms with Crippen LogP contribution in [0.3, 0.4) is 0 Å². The van der Waals surface area contributed by atoms with E-state index in [0.717, 1.165) is 0 Å². The minimum atomic E-state index is -0.427. The normalized spacial score (nSPS) is 13.7. The van der Waals surface area contributed by atoms with Crippen LogP contribution in [0.2, 0.25) is 15.1 Å². The molecule has 0 unspecified atom stereocenters. The van der Waals surface area contributed by atoms with E-state index in [-0.39, 0.29) is 34.9 Å². The van der Waals surface area contributed by atoms with Gasteiger partial charge in [-0.25, -0.2) is 9.67 Å². The van der Waals surface area contributed by atoms with Crippen molar-refractivity contribution in [3.63, 3.8) is 0 Å². The fourth-order valence-electron chi connectivity index (χ4n) is 3.35. The van der Waals surface area contributed by atoms with E-state index in [1.807, 2.05) is 13.8 Å². The van der Waals surface area contributed by atoms with Crippen LogP contribution >= 0.6 is 50.7 Å². The maximum atomic E-state index is 13.7. The van der Waals surface area contributed by atoms with Crippen molar-refractivity contribution in [2.24, 2.45) is 0 Å². The lowest BCUT2D eigenvalue weighted by Crippen LogP contribution is -2.52. The molecule has 0 atom stereocenters. The summed E-state index contributed by atoms with van der Waals surface area (Å²) in [5.41, 5.74) is 0.753. The highest BCUT2D eigenvalue weighted by atomic mass is 79.9. The Morgan fingerprint density at radius 3 is 2.58 bits per heavy atom. The standard InChI is InChI=1S/C20H15BrCl3N5O2/c1-10(2)27-9-28(17-12(19(27)30)6-11(22)7-14(17)24)20(31)15-8-16(21)26-29(15)18-13(23)4-3-5-25-18/h3-8,10H,9H2,1-2H3. The van der Waals surface area contributed by atoms with Crippen LogP contribution in [0.15, 0.2) is 41.1 Å². The number of pyridine rings is 1. The van der Waals surface area contributed by atoms with Crippen molar-refractivity contribution in [1.29, 1.82) is 0 Å². The second kappa shape index (κ2) is 8.43. The van der Waals surface area contributed by atoms with E-state index in [4.69, 9.17) is 34.8 Å². The lowest BCUT2D eigenvalue weighted by molar-refractivity contribution is 0.0678. The number of hydrogen-bond acceptors (Lipinski definition) is 4. The van der Waals surface area contributed by atoms with Gasteiger partial charge in [-0.1, -0.05) is 34.8 Å². The van der Waals surface area contributed by atoms with Crippen molar-refractivity contribution in [1.82, 2.24) is 19.7 Å². The monoisotopic (exact) mass is 541 g/mol. The van der Waals surface area contributed by atoms with E-state index in [2.05, 4.69) is 26.0 Å². The predicted octanol–water partition coefficient (Wildman–Crippen LogP) is 5.46. The SMILES string of the molecule is CC(C)N1CN(C(=O)c2cc(Br)nn2-c2ncccc2Cl)c2c(Cl)cc(Cl)cc2C1=O. The second-order valence-corrected chi connectivity index (χ2v) is 9.16. The zero-order valence-corrected chi connectivity index (χ0v) is 20.2. The van der Waals surface area contributed by atoms with Gasteiger partial charge >= 0.3 is 0 Å². The van der Waals surface area contributed by atoms with Gasteiger partial charge in [-0.2, -0.15) is 5.10 Å². The van der Waals surface area contributed by atoms with Crippen LogP contribution < -0.4 is 4.90 Å². The van der Waals surface area contributed by atoms with E-state index in [1.54, 1.807) is 29.3 Å². The highest BCUT2D eigenvalue weighted by molar-refractivity contribution is 9.10. The first-order valence-electron chi connectivity index (χ1n) is 9.17.